The lowest BCUT2D eigenvalue weighted by Gasteiger charge is -2.13. The molecule has 6 aromatic heterocycles. The van der Waals surface area contributed by atoms with Gasteiger partial charge in [0.1, 0.15) is 28.2 Å². The van der Waals surface area contributed by atoms with Crippen molar-refractivity contribution in [3.8, 4) is 56.5 Å². The summed E-state index contributed by atoms with van der Waals surface area (Å²) in [6.45, 7) is 0. The summed E-state index contributed by atoms with van der Waals surface area (Å²) in [7, 11) is 0. The zero-order chi connectivity index (χ0) is 50.6. The molecule has 0 N–H and O–H groups in total. The summed E-state index contributed by atoms with van der Waals surface area (Å²) in [5, 5.41) is 8.99. The van der Waals surface area contributed by atoms with E-state index in [0.717, 1.165) is 116 Å². The highest BCUT2D eigenvalue weighted by Crippen LogP contribution is 2.44. The maximum atomic E-state index is 6.85. The first-order chi connectivity index (χ1) is 38.2. The van der Waals surface area contributed by atoms with Crippen molar-refractivity contribution in [2.75, 3.05) is 0 Å². The predicted octanol–water partition coefficient (Wildman–Crippen LogP) is 17.5. The number of rotatable bonds is 8. The van der Waals surface area contributed by atoms with Crippen molar-refractivity contribution in [2.24, 2.45) is 0 Å². The minimum Gasteiger partial charge on any atom is -0.456 e. The molecule has 0 aliphatic heterocycles. The number of pyridine rings is 1. The lowest BCUT2D eigenvalue weighted by molar-refractivity contribution is 0.669. The molecule has 360 valence electrons. The lowest BCUT2D eigenvalue weighted by atomic mass is 9.97. The Morgan fingerprint density at radius 3 is 1.32 bits per heavy atom. The van der Waals surface area contributed by atoms with Crippen LogP contribution in [0.4, 0.5) is 0 Å². The second-order valence-corrected chi connectivity index (χ2v) is 19.7. The molecule has 10 aromatic carbocycles. The fourth-order valence-electron chi connectivity index (χ4n) is 11.8. The van der Waals surface area contributed by atoms with Crippen LogP contribution in [0.1, 0.15) is 11.4 Å². The van der Waals surface area contributed by atoms with Crippen molar-refractivity contribution >= 4 is 87.5 Å². The summed E-state index contributed by atoms with van der Waals surface area (Å²) >= 11 is 0. The number of hydrogen-bond donors (Lipinski definition) is 0. The Labute approximate surface area is 440 Å². The van der Waals surface area contributed by atoms with Gasteiger partial charge in [-0.15, -0.1) is 0 Å². The van der Waals surface area contributed by atoms with E-state index in [1.54, 1.807) is 0 Å². The third-order valence-corrected chi connectivity index (χ3v) is 15.2. The Bertz CT molecular complexity index is 4940. The molecule has 16 aromatic rings. The molecular formula is C69H42N6O2. The van der Waals surface area contributed by atoms with Gasteiger partial charge in [0.2, 0.25) is 0 Å². The van der Waals surface area contributed by atoms with Crippen molar-refractivity contribution in [3.63, 3.8) is 0 Å². The summed E-state index contributed by atoms with van der Waals surface area (Å²) < 4.78 is 18.4. The van der Waals surface area contributed by atoms with Crippen LogP contribution >= 0.6 is 0 Å². The fourth-order valence-corrected chi connectivity index (χ4v) is 11.8. The minimum absolute atomic E-state index is 0.378. The van der Waals surface area contributed by atoms with Gasteiger partial charge in [-0.1, -0.05) is 146 Å². The molecule has 0 saturated carbocycles. The summed E-state index contributed by atoms with van der Waals surface area (Å²) in [6.07, 6.45) is 2.35. The highest BCUT2D eigenvalue weighted by atomic mass is 16.3. The summed E-state index contributed by atoms with van der Waals surface area (Å²) in [5.41, 5.74) is 16.4. The Morgan fingerprint density at radius 2 is 0.792 bits per heavy atom. The maximum Gasteiger partial charge on any atom is 0.163 e. The average Bonchev–Trinajstić information content (AvgIpc) is 4.38. The van der Waals surface area contributed by atoms with Crippen LogP contribution in [-0.4, -0.2) is 29.1 Å². The second-order valence-electron chi connectivity index (χ2n) is 19.7. The van der Waals surface area contributed by atoms with Gasteiger partial charge in [-0.05, 0) is 102 Å². The first kappa shape index (κ1) is 43.0. The molecule has 0 saturated heterocycles. The zero-order valence-corrected chi connectivity index (χ0v) is 41.3. The Balaban J connectivity index is 0.878. The number of furan rings is 2. The molecule has 0 aliphatic carbocycles. The van der Waals surface area contributed by atoms with E-state index in [4.69, 9.17) is 28.8 Å². The van der Waals surface area contributed by atoms with Gasteiger partial charge in [0.05, 0.1) is 38.5 Å². The van der Waals surface area contributed by atoms with Gasteiger partial charge in [0.25, 0.3) is 0 Å². The van der Waals surface area contributed by atoms with Crippen molar-refractivity contribution in [2.45, 2.75) is 6.42 Å². The van der Waals surface area contributed by atoms with Crippen LogP contribution in [0.2, 0.25) is 0 Å². The largest absolute Gasteiger partial charge is 0.456 e. The van der Waals surface area contributed by atoms with Crippen LogP contribution in [0.5, 0.6) is 0 Å². The summed E-state index contributed by atoms with van der Waals surface area (Å²) in [4.78, 5) is 20.7. The first-order valence-electron chi connectivity index (χ1n) is 25.9. The van der Waals surface area contributed by atoms with Gasteiger partial charge < -0.3 is 18.0 Å². The van der Waals surface area contributed by atoms with E-state index in [1.165, 1.54) is 21.5 Å². The van der Waals surface area contributed by atoms with Crippen LogP contribution in [0, 0.1) is 0 Å². The maximum absolute atomic E-state index is 6.85. The van der Waals surface area contributed by atoms with Crippen LogP contribution in [0.15, 0.2) is 252 Å². The van der Waals surface area contributed by atoms with Crippen molar-refractivity contribution in [1.82, 2.24) is 29.1 Å². The second kappa shape index (κ2) is 17.1. The van der Waals surface area contributed by atoms with E-state index in [9.17, 15) is 0 Å². The highest BCUT2D eigenvalue weighted by molar-refractivity contribution is 6.26. The van der Waals surface area contributed by atoms with Crippen LogP contribution in [-0.2, 0) is 6.42 Å². The number of fused-ring (bicyclic) bond motifs is 14. The SMILES string of the molecule is c1ccc(-c2nc(Cc3cc(-c4ccc5c(c4)oc4ccc6c7ccccc7n(-c7ccccc7)c6c45)cnc3-c3ccc4c(c3)oc3ccc5c6ccccc6n(-c6ccccc6)c5c34)nc(-c3ccccc3)n2)cc1. The lowest BCUT2D eigenvalue weighted by Crippen LogP contribution is -2.05. The van der Waals surface area contributed by atoms with Crippen LogP contribution in [0.25, 0.3) is 144 Å². The van der Waals surface area contributed by atoms with Gasteiger partial charge in [-0.25, -0.2) is 15.0 Å². The number of hydrogen-bond acceptors (Lipinski definition) is 6. The van der Waals surface area contributed by atoms with Crippen LogP contribution in [0.3, 0.4) is 0 Å². The normalized spacial score (nSPS) is 11.9. The molecule has 77 heavy (non-hydrogen) atoms. The molecule has 0 spiro atoms. The Morgan fingerprint density at radius 1 is 0.338 bits per heavy atom. The van der Waals surface area contributed by atoms with E-state index in [1.807, 2.05) is 66.9 Å². The van der Waals surface area contributed by atoms with Crippen molar-refractivity contribution in [1.29, 1.82) is 0 Å². The van der Waals surface area contributed by atoms with Gasteiger partial charge >= 0.3 is 0 Å². The average molecular weight is 987 g/mol. The molecule has 0 radical (unpaired) electrons. The third kappa shape index (κ3) is 6.86. The monoisotopic (exact) mass is 986 g/mol. The molecular weight excluding hydrogens is 945 g/mol. The number of nitrogens with zero attached hydrogens (tertiary/aromatic N) is 6. The molecule has 8 heteroatoms. The Hall–Kier alpha value is -10.4. The van der Waals surface area contributed by atoms with Crippen molar-refractivity contribution in [3.05, 3.63) is 254 Å². The van der Waals surface area contributed by atoms with Gasteiger partial charge in [0, 0.05) is 78.6 Å². The highest BCUT2D eigenvalue weighted by Gasteiger charge is 2.23. The van der Waals surface area contributed by atoms with Gasteiger partial charge in [0.15, 0.2) is 11.6 Å². The van der Waals surface area contributed by atoms with Gasteiger partial charge in [-0.3, -0.25) is 4.98 Å². The molecule has 0 aliphatic rings. The predicted molar refractivity (Wildman–Crippen MR) is 312 cm³/mol. The molecule has 8 nitrogen and oxygen atoms in total. The first-order valence-corrected chi connectivity index (χ1v) is 25.9. The molecule has 16 rings (SSSR count). The molecule has 0 atom stereocenters. The van der Waals surface area contributed by atoms with Crippen LogP contribution < -0.4 is 0 Å². The van der Waals surface area contributed by atoms with Crippen molar-refractivity contribution < 1.29 is 8.83 Å². The quantitative estimate of drug-likeness (QED) is 0.151. The van der Waals surface area contributed by atoms with E-state index in [-0.39, 0.29) is 0 Å². The minimum atomic E-state index is 0.378. The molecule has 0 unspecified atom stereocenters. The van der Waals surface area contributed by atoms with Gasteiger partial charge in [-0.2, -0.15) is 0 Å². The smallest absolute Gasteiger partial charge is 0.163 e. The topological polar surface area (TPSA) is 87.7 Å². The summed E-state index contributed by atoms with van der Waals surface area (Å²) in [5.74, 6) is 1.85. The zero-order valence-electron chi connectivity index (χ0n) is 41.3. The molecule has 0 amide bonds. The number of benzene rings is 10. The standard InChI is InChI=1S/C69H42N6O2/c1-5-17-42(18-6-1)68-71-62(72-69(73-68)43-19-7-2-8-20-43)40-46-37-47(44-29-31-54-60(38-44)76-58-35-33-52-50-25-13-15-27-56(50)74(66(52)63(54)58)48-21-9-3-10-22-48)41-70-65(46)45-30-32-55-61(39-45)77-59-36-34-53-51-26-14-16-28-57(51)75(67(53)64(55)59)49-23-11-4-12-24-49/h1-39,41H,40H2. The number of para-hydroxylation sites is 4. The Kier molecular flexibility index (Phi) is 9.53. The fraction of sp³-hybridized carbons (Fsp3) is 0.0145. The summed E-state index contributed by atoms with van der Waals surface area (Å²) in [6, 6.07) is 82.5. The van der Waals surface area contributed by atoms with E-state index in [0.29, 0.717) is 23.9 Å². The molecule has 0 fully saturated rings. The third-order valence-electron chi connectivity index (χ3n) is 15.2. The van der Waals surface area contributed by atoms with E-state index in [2.05, 4.69) is 185 Å². The molecule has 0 bridgehead atoms. The molecule has 6 heterocycles. The number of aromatic nitrogens is 6. The van der Waals surface area contributed by atoms with E-state index < -0.39 is 0 Å². The van der Waals surface area contributed by atoms with E-state index >= 15 is 0 Å².